The lowest BCUT2D eigenvalue weighted by molar-refractivity contribution is 0.241. The molecule has 0 spiro atoms. The molecule has 0 heterocycles. The van der Waals surface area contributed by atoms with Crippen molar-refractivity contribution >= 4 is 24.8 Å². The zero-order chi connectivity index (χ0) is 4.99. The summed E-state index contributed by atoms with van der Waals surface area (Å²) in [5.41, 5.74) is 5.12. The molecule has 0 rings (SSSR count). The van der Waals surface area contributed by atoms with Gasteiger partial charge in [-0.3, -0.25) is 0 Å². The molecule has 6 N–H and O–H groups in total. The van der Waals surface area contributed by atoms with E-state index in [1.807, 2.05) is 6.92 Å². The highest BCUT2D eigenvalue weighted by Crippen LogP contribution is 1.83. The summed E-state index contributed by atoms with van der Waals surface area (Å²) in [6, 6.07) is 0. The maximum Gasteiger partial charge on any atom is 0.0468 e. The number of nitrogens with two attached hydrogens (primary N) is 1. The van der Waals surface area contributed by atoms with Crippen LogP contribution < -0.4 is 11.9 Å². The number of aliphatic hydroxyl groups excluding tert-OH is 1. The summed E-state index contributed by atoms with van der Waals surface area (Å²) in [5, 5.41) is 8.25. The first kappa shape index (κ1) is 22.7. The fourth-order valence-electron chi connectivity index (χ4n) is 0.0745. The van der Waals surface area contributed by atoms with Crippen LogP contribution in [0, 0.1) is 5.92 Å². The van der Waals surface area contributed by atoms with Crippen LogP contribution in [0.1, 0.15) is 6.92 Å². The quantitative estimate of drug-likeness (QED) is 0.579. The van der Waals surface area contributed by atoms with Gasteiger partial charge in [0, 0.05) is 6.61 Å². The van der Waals surface area contributed by atoms with Gasteiger partial charge in [-0.05, 0) is 12.5 Å². The molecule has 9 heavy (non-hydrogen) atoms. The molecule has 5 heteroatoms. The summed E-state index contributed by atoms with van der Waals surface area (Å²) < 4.78 is 0. The first-order valence-corrected chi connectivity index (χ1v) is 2.12. The molecular weight excluding hydrogens is 163 g/mol. The number of rotatable bonds is 2. The first-order valence-electron chi connectivity index (χ1n) is 2.12. The van der Waals surface area contributed by atoms with E-state index in [9.17, 15) is 0 Å². The van der Waals surface area contributed by atoms with E-state index in [-0.39, 0.29) is 43.5 Å². The van der Waals surface area contributed by atoms with Gasteiger partial charge in [0.25, 0.3) is 0 Å². The predicted octanol–water partition coefficient (Wildman–Crippen LogP) is 0.579. The fourth-order valence-corrected chi connectivity index (χ4v) is 0.0745. The number of hydrogen-bond acceptors (Lipinski definition) is 3. The van der Waals surface area contributed by atoms with E-state index in [1.54, 1.807) is 0 Å². The highest BCUT2D eigenvalue weighted by molar-refractivity contribution is 5.85. The summed E-state index contributed by atoms with van der Waals surface area (Å²) in [6.07, 6.45) is 0. The predicted molar refractivity (Wildman–Crippen MR) is 44.8 cm³/mol. The third-order valence-electron chi connectivity index (χ3n) is 0.714. The Morgan fingerprint density at radius 1 is 1.44 bits per heavy atom. The van der Waals surface area contributed by atoms with Crippen molar-refractivity contribution < 1.29 is 5.11 Å². The Morgan fingerprint density at radius 3 is 1.78 bits per heavy atom. The van der Waals surface area contributed by atoms with Crippen LogP contribution >= 0.6 is 24.8 Å². The van der Waals surface area contributed by atoms with Crippen molar-refractivity contribution in [1.29, 1.82) is 0 Å². The summed E-state index contributed by atoms with van der Waals surface area (Å²) in [4.78, 5) is 0. The molecule has 1 atom stereocenters. The number of halogens is 2. The van der Waals surface area contributed by atoms with Crippen LogP contribution in [-0.4, -0.2) is 18.3 Å². The van der Waals surface area contributed by atoms with Crippen molar-refractivity contribution in [3.8, 4) is 0 Å². The smallest absolute Gasteiger partial charge is 0.0468 e. The van der Waals surface area contributed by atoms with Crippen LogP contribution in [0.15, 0.2) is 0 Å². The molecule has 1 unspecified atom stereocenters. The zero-order valence-corrected chi connectivity index (χ0v) is 7.17. The highest BCUT2D eigenvalue weighted by atomic mass is 35.5. The van der Waals surface area contributed by atoms with Gasteiger partial charge in [-0.25, -0.2) is 0 Å². The average molecular weight is 179 g/mol. The summed E-state index contributed by atoms with van der Waals surface area (Å²) in [7, 11) is 0. The Kier molecular flexibility index (Phi) is 39.9. The van der Waals surface area contributed by atoms with E-state index >= 15 is 0 Å². The van der Waals surface area contributed by atoms with Crippen LogP contribution in [-0.2, 0) is 0 Å². The monoisotopic (exact) mass is 178 g/mol. The maximum atomic E-state index is 8.25. The zero-order valence-electron chi connectivity index (χ0n) is 5.54. The molecule has 0 saturated carbocycles. The van der Waals surface area contributed by atoms with Crippen LogP contribution in [0.2, 0.25) is 0 Å². The van der Waals surface area contributed by atoms with E-state index in [4.69, 9.17) is 10.8 Å². The summed E-state index contributed by atoms with van der Waals surface area (Å²) in [5.74, 6) is 0.269. The molecule has 0 aromatic heterocycles. The standard InChI is InChI=1S/C4H11NO.2ClH.H3N/c1-4(2-5)3-6;;;/h4,6H,2-3,5H2,1H3;2*1H;1H3. The lowest BCUT2D eigenvalue weighted by Gasteiger charge is -1.98. The van der Waals surface area contributed by atoms with Crippen molar-refractivity contribution in [1.82, 2.24) is 6.15 Å². The molecule has 0 aromatic carbocycles. The highest BCUT2D eigenvalue weighted by Gasteiger charge is 1.90. The molecule has 62 valence electrons. The van der Waals surface area contributed by atoms with Crippen molar-refractivity contribution in [2.75, 3.05) is 13.2 Å². The van der Waals surface area contributed by atoms with Crippen LogP contribution in [0.25, 0.3) is 0 Å². The minimum atomic E-state index is 0. The van der Waals surface area contributed by atoms with E-state index in [1.165, 1.54) is 0 Å². The van der Waals surface area contributed by atoms with Gasteiger partial charge < -0.3 is 17.0 Å². The van der Waals surface area contributed by atoms with E-state index in [0.29, 0.717) is 6.54 Å². The largest absolute Gasteiger partial charge is 0.396 e. The molecule has 0 aliphatic heterocycles. The molecule has 0 fully saturated rings. The molecule has 0 aliphatic carbocycles. The van der Waals surface area contributed by atoms with Gasteiger partial charge in [0.2, 0.25) is 0 Å². The van der Waals surface area contributed by atoms with Gasteiger partial charge in [0.1, 0.15) is 0 Å². The minimum Gasteiger partial charge on any atom is -0.396 e. The molecule has 0 aliphatic rings. The van der Waals surface area contributed by atoms with Gasteiger partial charge in [-0.2, -0.15) is 0 Å². The maximum absolute atomic E-state index is 8.25. The van der Waals surface area contributed by atoms with Gasteiger partial charge in [-0.15, -0.1) is 24.8 Å². The van der Waals surface area contributed by atoms with Crippen molar-refractivity contribution in [3.63, 3.8) is 0 Å². The van der Waals surface area contributed by atoms with Crippen molar-refractivity contribution in [3.05, 3.63) is 0 Å². The van der Waals surface area contributed by atoms with Gasteiger partial charge in [-0.1, -0.05) is 6.92 Å². The second-order valence-corrected chi connectivity index (χ2v) is 1.52. The van der Waals surface area contributed by atoms with Crippen LogP contribution in [0.3, 0.4) is 0 Å². The van der Waals surface area contributed by atoms with E-state index < -0.39 is 0 Å². The average Bonchev–Trinajstić information content (AvgIpc) is 1.65. The Balaban J connectivity index is -0.0000000417. The lowest BCUT2D eigenvalue weighted by Crippen LogP contribution is -2.13. The third-order valence-corrected chi connectivity index (χ3v) is 0.714. The van der Waals surface area contributed by atoms with Crippen molar-refractivity contribution in [2.45, 2.75) is 6.92 Å². The minimum absolute atomic E-state index is 0. The van der Waals surface area contributed by atoms with Crippen LogP contribution in [0.4, 0.5) is 0 Å². The van der Waals surface area contributed by atoms with Gasteiger partial charge in [0.05, 0.1) is 0 Å². The Hall–Kier alpha value is 0.460. The molecule has 0 saturated heterocycles. The normalized spacial score (nSPS) is 9.67. The second kappa shape index (κ2) is 15.8. The second-order valence-electron chi connectivity index (χ2n) is 1.52. The molecule has 3 nitrogen and oxygen atoms in total. The van der Waals surface area contributed by atoms with Gasteiger partial charge >= 0.3 is 0 Å². The third kappa shape index (κ3) is 17.7. The fraction of sp³-hybridized carbons (Fsp3) is 1.00. The molecule has 0 amide bonds. The van der Waals surface area contributed by atoms with Crippen molar-refractivity contribution in [2.24, 2.45) is 11.7 Å². The molecule has 0 aromatic rings. The SMILES string of the molecule is CC(CN)CO.Cl.Cl.N. The Morgan fingerprint density at radius 2 is 1.78 bits per heavy atom. The molecule has 0 radical (unpaired) electrons. The van der Waals surface area contributed by atoms with Gasteiger partial charge in [0.15, 0.2) is 0 Å². The van der Waals surface area contributed by atoms with E-state index in [0.717, 1.165) is 0 Å². The summed E-state index contributed by atoms with van der Waals surface area (Å²) >= 11 is 0. The van der Waals surface area contributed by atoms with Crippen LogP contribution in [0.5, 0.6) is 0 Å². The lowest BCUT2D eigenvalue weighted by atomic mass is 10.2. The first-order chi connectivity index (χ1) is 2.81. The topological polar surface area (TPSA) is 81.2 Å². The summed E-state index contributed by atoms with van der Waals surface area (Å²) in [6.45, 7) is 2.69. The number of hydrogen-bond donors (Lipinski definition) is 3. The van der Waals surface area contributed by atoms with E-state index in [2.05, 4.69) is 0 Å². The molecular formula is C4H16Cl2N2O. The Labute approximate surface area is 68.4 Å². The number of aliphatic hydroxyl groups is 1. The Bertz CT molecular complexity index is 35.7. The molecule has 0 bridgehead atoms.